The van der Waals surface area contributed by atoms with Gasteiger partial charge in [0.15, 0.2) is 5.78 Å². The lowest BCUT2D eigenvalue weighted by atomic mass is 10.3. The number of carbonyl (C=O) groups excluding carboxylic acids is 2. The van der Waals surface area contributed by atoms with Crippen LogP contribution in [-0.4, -0.2) is 31.3 Å². The number of nitrogens with one attached hydrogen (secondary N) is 2. The van der Waals surface area contributed by atoms with Crippen molar-refractivity contribution < 1.29 is 9.59 Å². The van der Waals surface area contributed by atoms with Crippen molar-refractivity contribution >= 4 is 35.4 Å². The maximum atomic E-state index is 11.7. The summed E-state index contributed by atoms with van der Waals surface area (Å²) in [6, 6.07) is 3.38. The Bertz CT molecular complexity index is 393. The van der Waals surface area contributed by atoms with Crippen LogP contribution in [0, 0.1) is 0 Å². The number of carbonyl (C=O) groups is 2. The van der Waals surface area contributed by atoms with E-state index in [-0.39, 0.29) is 24.1 Å². The van der Waals surface area contributed by atoms with Crippen LogP contribution in [0.3, 0.4) is 0 Å². The van der Waals surface area contributed by atoms with E-state index in [4.69, 9.17) is 0 Å². The first-order valence-electron chi connectivity index (χ1n) is 5.74. The highest BCUT2D eigenvalue weighted by Crippen LogP contribution is 2.16. The van der Waals surface area contributed by atoms with Gasteiger partial charge in [-0.15, -0.1) is 23.7 Å². The van der Waals surface area contributed by atoms with Crippen LogP contribution in [0.15, 0.2) is 12.1 Å². The average Bonchev–Trinajstić information content (AvgIpc) is 2.78. The highest BCUT2D eigenvalue weighted by atomic mass is 35.5. The predicted molar refractivity (Wildman–Crippen MR) is 77.1 cm³/mol. The third-order valence-corrected chi connectivity index (χ3v) is 3.38. The van der Waals surface area contributed by atoms with Gasteiger partial charge in [-0.3, -0.25) is 9.59 Å². The molecule has 0 aliphatic rings. The van der Waals surface area contributed by atoms with Gasteiger partial charge in [-0.05, 0) is 32.0 Å². The van der Waals surface area contributed by atoms with E-state index in [1.54, 1.807) is 12.1 Å². The summed E-state index contributed by atoms with van der Waals surface area (Å²) in [4.78, 5) is 24.0. The van der Waals surface area contributed by atoms with Crippen LogP contribution in [0.4, 0.5) is 0 Å². The molecule has 0 spiro atoms. The first kappa shape index (κ1) is 17.1. The number of rotatable bonds is 7. The normalized spacial score (nSPS) is 9.67. The van der Waals surface area contributed by atoms with Crippen LogP contribution >= 0.6 is 23.7 Å². The maximum Gasteiger partial charge on any atom is 0.261 e. The summed E-state index contributed by atoms with van der Waals surface area (Å²) in [5.41, 5.74) is 0. The molecule has 18 heavy (non-hydrogen) atoms. The Morgan fingerprint density at radius 2 is 1.83 bits per heavy atom. The Labute approximate surface area is 118 Å². The number of Topliss-reactive ketones (excluding diaryl/α,β-unsaturated/α-hetero) is 1. The molecule has 0 bridgehead atoms. The van der Waals surface area contributed by atoms with Gasteiger partial charge in [-0.25, -0.2) is 0 Å². The summed E-state index contributed by atoms with van der Waals surface area (Å²) in [7, 11) is 0. The standard InChI is InChI=1S/C12H18N2O2S.ClH/c1-3-6-13-7-8-14-12(16)11-5-4-10(17-11)9(2)15;/h4-5,13H,3,6-8H2,1-2H3,(H,14,16);1H. The van der Waals surface area contributed by atoms with E-state index in [0.717, 1.165) is 19.5 Å². The zero-order chi connectivity index (χ0) is 12.7. The lowest BCUT2D eigenvalue weighted by Crippen LogP contribution is -2.31. The van der Waals surface area contributed by atoms with Gasteiger partial charge in [-0.2, -0.15) is 0 Å². The number of hydrogen-bond donors (Lipinski definition) is 2. The molecule has 1 rings (SSSR count). The second-order valence-electron chi connectivity index (χ2n) is 3.73. The van der Waals surface area contributed by atoms with Crippen molar-refractivity contribution in [2.45, 2.75) is 20.3 Å². The van der Waals surface area contributed by atoms with E-state index in [9.17, 15) is 9.59 Å². The molecule has 0 aliphatic heterocycles. The number of ketones is 1. The van der Waals surface area contributed by atoms with Crippen molar-refractivity contribution in [2.75, 3.05) is 19.6 Å². The Morgan fingerprint density at radius 3 is 2.39 bits per heavy atom. The van der Waals surface area contributed by atoms with Crippen LogP contribution < -0.4 is 10.6 Å². The van der Waals surface area contributed by atoms with Crippen LogP contribution in [0.2, 0.25) is 0 Å². The lowest BCUT2D eigenvalue weighted by Gasteiger charge is -2.04. The quantitative estimate of drug-likeness (QED) is 0.597. The maximum absolute atomic E-state index is 11.7. The Kier molecular flexibility index (Phi) is 8.62. The van der Waals surface area contributed by atoms with E-state index in [1.165, 1.54) is 18.3 Å². The van der Waals surface area contributed by atoms with Crippen molar-refractivity contribution in [3.63, 3.8) is 0 Å². The van der Waals surface area contributed by atoms with E-state index < -0.39 is 0 Å². The van der Waals surface area contributed by atoms with Crippen molar-refractivity contribution in [3.05, 3.63) is 21.9 Å². The summed E-state index contributed by atoms with van der Waals surface area (Å²) >= 11 is 1.24. The SMILES string of the molecule is CCCNCCNC(=O)c1ccc(C(C)=O)s1.Cl. The summed E-state index contributed by atoms with van der Waals surface area (Å²) in [5.74, 6) is -0.112. The minimum atomic E-state index is -0.110. The Morgan fingerprint density at radius 1 is 1.17 bits per heavy atom. The van der Waals surface area contributed by atoms with Gasteiger partial charge in [0, 0.05) is 13.1 Å². The Hall–Kier alpha value is -0.910. The molecule has 1 aromatic heterocycles. The summed E-state index contributed by atoms with van der Waals surface area (Å²) in [5, 5.41) is 6.01. The first-order valence-corrected chi connectivity index (χ1v) is 6.56. The van der Waals surface area contributed by atoms with Gasteiger partial charge in [-0.1, -0.05) is 6.92 Å². The molecule has 4 nitrogen and oxygen atoms in total. The molecule has 0 saturated carbocycles. The number of thiophene rings is 1. The van der Waals surface area contributed by atoms with Crippen LogP contribution in [0.1, 0.15) is 39.6 Å². The number of hydrogen-bond acceptors (Lipinski definition) is 4. The van der Waals surface area contributed by atoms with Crippen molar-refractivity contribution in [1.82, 2.24) is 10.6 Å². The van der Waals surface area contributed by atoms with Crippen molar-refractivity contribution in [3.8, 4) is 0 Å². The van der Waals surface area contributed by atoms with E-state index in [0.29, 0.717) is 16.3 Å². The van der Waals surface area contributed by atoms with Gasteiger partial charge in [0.05, 0.1) is 9.75 Å². The fourth-order valence-corrected chi connectivity index (χ4v) is 2.12. The van der Waals surface area contributed by atoms with Crippen LogP contribution in [0.5, 0.6) is 0 Å². The highest BCUT2D eigenvalue weighted by Gasteiger charge is 2.10. The lowest BCUT2D eigenvalue weighted by molar-refractivity contribution is 0.0957. The van der Waals surface area contributed by atoms with E-state index >= 15 is 0 Å². The zero-order valence-electron chi connectivity index (χ0n) is 10.6. The third-order valence-electron chi connectivity index (χ3n) is 2.19. The fourth-order valence-electron chi connectivity index (χ4n) is 1.30. The highest BCUT2D eigenvalue weighted by molar-refractivity contribution is 7.15. The summed E-state index contributed by atoms with van der Waals surface area (Å²) < 4.78 is 0. The molecule has 0 atom stereocenters. The molecule has 0 radical (unpaired) electrons. The van der Waals surface area contributed by atoms with Crippen molar-refractivity contribution in [2.24, 2.45) is 0 Å². The minimum absolute atomic E-state index is 0. The molecule has 2 N–H and O–H groups in total. The molecule has 6 heteroatoms. The van der Waals surface area contributed by atoms with Crippen LogP contribution in [-0.2, 0) is 0 Å². The number of halogens is 1. The second-order valence-corrected chi connectivity index (χ2v) is 4.81. The van der Waals surface area contributed by atoms with Crippen LogP contribution in [0.25, 0.3) is 0 Å². The summed E-state index contributed by atoms with van der Waals surface area (Å²) in [6.07, 6.45) is 1.08. The minimum Gasteiger partial charge on any atom is -0.350 e. The largest absolute Gasteiger partial charge is 0.350 e. The molecule has 0 aliphatic carbocycles. The molecule has 1 heterocycles. The third kappa shape index (κ3) is 5.62. The van der Waals surface area contributed by atoms with Crippen molar-refractivity contribution in [1.29, 1.82) is 0 Å². The molecular weight excluding hydrogens is 272 g/mol. The fraction of sp³-hybridized carbons (Fsp3) is 0.500. The smallest absolute Gasteiger partial charge is 0.261 e. The average molecular weight is 291 g/mol. The van der Waals surface area contributed by atoms with Gasteiger partial charge < -0.3 is 10.6 Å². The first-order chi connectivity index (χ1) is 8.15. The zero-order valence-corrected chi connectivity index (χ0v) is 12.2. The molecular formula is C12H19ClN2O2S. The molecule has 1 aromatic rings. The van der Waals surface area contributed by atoms with Gasteiger partial charge in [0.25, 0.3) is 5.91 Å². The monoisotopic (exact) mass is 290 g/mol. The number of amides is 1. The second kappa shape index (κ2) is 9.08. The van der Waals surface area contributed by atoms with Gasteiger partial charge >= 0.3 is 0 Å². The predicted octanol–water partition coefficient (Wildman–Crippen LogP) is 2.10. The molecule has 1 amide bonds. The molecule has 0 saturated heterocycles. The topological polar surface area (TPSA) is 58.2 Å². The van der Waals surface area contributed by atoms with E-state index in [1.807, 2.05) is 0 Å². The molecule has 0 unspecified atom stereocenters. The van der Waals surface area contributed by atoms with E-state index in [2.05, 4.69) is 17.6 Å². The van der Waals surface area contributed by atoms with Gasteiger partial charge in [0.1, 0.15) is 0 Å². The van der Waals surface area contributed by atoms with Gasteiger partial charge in [0.2, 0.25) is 0 Å². The molecule has 0 aromatic carbocycles. The molecule has 102 valence electrons. The Balaban J connectivity index is 0.00000289. The summed E-state index contributed by atoms with van der Waals surface area (Å²) in [6.45, 7) is 5.93. The molecule has 0 fully saturated rings.